The van der Waals surface area contributed by atoms with E-state index in [1.807, 2.05) is 31.2 Å². The second-order valence-corrected chi connectivity index (χ2v) is 6.10. The molecule has 134 valence electrons. The molecule has 1 fully saturated rings. The number of carbonyl (C=O) groups excluding carboxylic acids is 1. The quantitative estimate of drug-likeness (QED) is 0.817. The third kappa shape index (κ3) is 4.58. The van der Waals surface area contributed by atoms with Gasteiger partial charge in [-0.15, -0.1) is 0 Å². The third-order valence-electron chi connectivity index (χ3n) is 4.28. The van der Waals surface area contributed by atoms with Crippen LogP contribution in [0.25, 0.3) is 0 Å². The zero-order valence-electron chi connectivity index (χ0n) is 14.2. The van der Waals surface area contributed by atoms with Crippen LogP contribution in [0, 0.1) is 6.92 Å². The molecule has 3 rings (SSSR count). The molecule has 1 aliphatic heterocycles. The van der Waals surface area contributed by atoms with Crippen molar-refractivity contribution in [3.63, 3.8) is 0 Å². The van der Waals surface area contributed by atoms with E-state index in [9.17, 15) is 4.79 Å². The van der Waals surface area contributed by atoms with Crippen molar-refractivity contribution in [2.75, 3.05) is 13.2 Å². The number of carbonyl (C=O) groups is 1. The molecule has 2 N–H and O–H groups in total. The Bertz CT molecular complexity index is 699. The minimum Gasteiger partial charge on any atom is -0.486 e. The zero-order valence-corrected chi connectivity index (χ0v) is 14.2. The van der Waals surface area contributed by atoms with E-state index in [0.29, 0.717) is 25.4 Å². The van der Waals surface area contributed by atoms with Crippen LogP contribution in [0.3, 0.4) is 0 Å². The molecule has 7 heteroatoms. The summed E-state index contributed by atoms with van der Waals surface area (Å²) >= 11 is 0. The lowest BCUT2D eigenvalue weighted by Crippen LogP contribution is -2.52. The minimum atomic E-state index is -0.249. The average Bonchev–Trinajstić information content (AvgIpc) is 3.02. The fraction of sp³-hybridized carbons (Fsp3) is 0.444. The molecule has 7 nitrogen and oxygen atoms in total. The monoisotopic (exact) mass is 345 g/mol. The molecule has 0 saturated carbocycles. The molecule has 0 spiro atoms. The van der Waals surface area contributed by atoms with Gasteiger partial charge < -0.3 is 24.5 Å². The van der Waals surface area contributed by atoms with Gasteiger partial charge >= 0.3 is 0 Å². The van der Waals surface area contributed by atoms with E-state index in [1.54, 1.807) is 17.0 Å². The van der Waals surface area contributed by atoms with Crippen molar-refractivity contribution in [2.24, 2.45) is 0 Å². The SMILES string of the molecule is Cc1nccn1CC(=O)N[C@@H]1CCOC[C@H]1Oc1ccc(CO)cc1. The van der Waals surface area contributed by atoms with Crippen LogP contribution in [0.2, 0.25) is 0 Å². The lowest BCUT2D eigenvalue weighted by molar-refractivity contribution is -0.124. The molecule has 1 amide bonds. The van der Waals surface area contributed by atoms with Crippen LogP contribution in [-0.4, -0.2) is 45.9 Å². The number of aryl methyl sites for hydroxylation is 1. The lowest BCUT2D eigenvalue weighted by atomic mass is 10.1. The van der Waals surface area contributed by atoms with E-state index < -0.39 is 0 Å². The van der Waals surface area contributed by atoms with Crippen LogP contribution in [-0.2, 0) is 22.7 Å². The summed E-state index contributed by atoms with van der Waals surface area (Å²) in [6.07, 6.45) is 3.92. The van der Waals surface area contributed by atoms with Gasteiger partial charge in [0.2, 0.25) is 5.91 Å². The van der Waals surface area contributed by atoms with Gasteiger partial charge in [0.05, 0.1) is 19.3 Å². The Labute approximate surface area is 146 Å². The number of hydrogen-bond donors (Lipinski definition) is 2. The molecule has 2 atom stereocenters. The average molecular weight is 345 g/mol. The topological polar surface area (TPSA) is 85.6 Å². The Morgan fingerprint density at radius 2 is 2.24 bits per heavy atom. The summed E-state index contributed by atoms with van der Waals surface area (Å²) in [5.74, 6) is 1.42. The van der Waals surface area contributed by atoms with Gasteiger partial charge in [0.1, 0.15) is 24.2 Å². The second kappa shape index (κ2) is 8.13. The Kier molecular flexibility index (Phi) is 5.67. The maximum Gasteiger partial charge on any atom is 0.240 e. The molecule has 1 aromatic heterocycles. The van der Waals surface area contributed by atoms with Gasteiger partial charge in [0.25, 0.3) is 0 Å². The summed E-state index contributed by atoms with van der Waals surface area (Å²) in [4.78, 5) is 16.5. The molecule has 1 saturated heterocycles. The number of amides is 1. The summed E-state index contributed by atoms with van der Waals surface area (Å²) in [5.41, 5.74) is 0.827. The zero-order chi connectivity index (χ0) is 17.6. The van der Waals surface area contributed by atoms with Gasteiger partial charge in [-0.3, -0.25) is 4.79 Å². The first-order valence-electron chi connectivity index (χ1n) is 8.37. The number of aliphatic hydroxyl groups is 1. The number of rotatable bonds is 6. The molecule has 1 aromatic carbocycles. The maximum absolute atomic E-state index is 12.3. The van der Waals surface area contributed by atoms with Gasteiger partial charge in [-0.2, -0.15) is 0 Å². The molecular weight excluding hydrogens is 322 g/mol. The molecule has 2 heterocycles. The van der Waals surface area contributed by atoms with Crippen molar-refractivity contribution >= 4 is 5.91 Å². The standard InChI is InChI=1S/C18H23N3O4/c1-13-19-7-8-21(13)10-18(23)20-16-6-9-24-12-17(16)25-15-4-2-14(11-22)3-5-15/h2-5,7-8,16-17,22H,6,9-12H2,1H3,(H,20,23)/t16-,17-/m1/s1. The van der Waals surface area contributed by atoms with Gasteiger partial charge in [-0.05, 0) is 31.0 Å². The van der Waals surface area contributed by atoms with Crippen LogP contribution in [0.1, 0.15) is 17.8 Å². The predicted octanol–water partition coefficient (Wildman–Crippen LogP) is 1.04. The first-order valence-corrected chi connectivity index (χ1v) is 8.37. The highest BCUT2D eigenvalue weighted by Crippen LogP contribution is 2.18. The fourth-order valence-corrected chi connectivity index (χ4v) is 2.82. The minimum absolute atomic E-state index is 0.000825. The fourth-order valence-electron chi connectivity index (χ4n) is 2.82. The smallest absolute Gasteiger partial charge is 0.240 e. The second-order valence-electron chi connectivity index (χ2n) is 6.10. The number of aromatic nitrogens is 2. The molecule has 2 aromatic rings. The maximum atomic E-state index is 12.3. The highest BCUT2D eigenvalue weighted by molar-refractivity contribution is 5.76. The first-order chi connectivity index (χ1) is 12.2. The highest BCUT2D eigenvalue weighted by atomic mass is 16.5. The normalized spacial score (nSPS) is 20.2. The van der Waals surface area contributed by atoms with Gasteiger partial charge in [-0.1, -0.05) is 12.1 Å². The molecule has 0 aliphatic carbocycles. The summed E-state index contributed by atoms with van der Waals surface area (Å²) in [6.45, 7) is 3.12. The van der Waals surface area contributed by atoms with Crippen molar-refractivity contribution in [3.05, 3.63) is 48.0 Å². The van der Waals surface area contributed by atoms with Crippen molar-refractivity contribution in [1.82, 2.24) is 14.9 Å². The number of ether oxygens (including phenoxy) is 2. The summed E-state index contributed by atoms with van der Waals surface area (Å²) in [5, 5.41) is 12.1. The Hall–Kier alpha value is -2.38. The van der Waals surface area contributed by atoms with Gasteiger partial charge in [0.15, 0.2) is 0 Å². The molecule has 0 radical (unpaired) electrons. The van der Waals surface area contributed by atoms with Crippen molar-refractivity contribution in [1.29, 1.82) is 0 Å². The van der Waals surface area contributed by atoms with Gasteiger partial charge in [0, 0.05) is 19.0 Å². The van der Waals surface area contributed by atoms with Gasteiger partial charge in [-0.25, -0.2) is 4.98 Å². The molecule has 0 unspecified atom stereocenters. The van der Waals surface area contributed by atoms with Crippen LogP contribution >= 0.6 is 0 Å². The number of imidazole rings is 1. The van der Waals surface area contributed by atoms with E-state index in [2.05, 4.69) is 10.3 Å². The molecule has 1 aliphatic rings. The van der Waals surface area contributed by atoms with Crippen LogP contribution < -0.4 is 10.1 Å². The summed E-state index contributed by atoms with van der Waals surface area (Å²) in [7, 11) is 0. The van der Waals surface area contributed by atoms with Crippen molar-refractivity contribution in [2.45, 2.75) is 38.6 Å². The van der Waals surface area contributed by atoms with Crippen molar-refractivity contribution < 1.29 is 19.4 Å². The van der Waals surface area contributed by atoms with Crippen LogP contribution in [0.4, 0.5) is 0 Å². The molecular formula is C18H23N3O4. The highest BCUT2D eigenvalue weighted by Gasteiger charge is 2.29. The number of hydrogen-bond acceptors (Lipinski definition) is 5. The summed E-state index contributed by atoms with van der Waals surface area (Å²) in [6, 6.07) is 7.15. The number of benzene rings is 1. The van der Waals surface area contributed by atoms with Crippen LogP contribution in [0.15, 0.2) is 36.7 Å². The van der Waals surface area contributed by atoms with E-state index in [0.717, 1.165) is 11.4 Å². The summed E-state index contributed by atoms with van der Waals surface area (Å²) < 4.78 is 13.3. The third-order valence-corrected chi connectivity index (χ3v) is 4.28. The Morgan fingerprint density at radius 3 is 2.92 bits per heavy atom. The predicted molar refractivity (Wildman–Crippen MR) is 91.1 cm³/mol. The first kappa shape index (κ1) is 17.4. The van der Waals surface area contributed by atoms with E-state index in [1.165, 1.54) is 0 Å². The van der Waals surface area contributed by atoms with E-state index >= 15 is 0 Å². The Balaban J connectivity index is 1.60. The largest absolute Gasteiger partial charge is 0.486 e. The van der Waals surface area contributed by atoms with Crippen LogP contribution in [0.5, 0.6) is 5.75 Å². The van der Waals surface area contributed by atoms with Crippen molar-refractivity contribution in [3.8, 4) is 5.75 Å². The number of aliphatic hydroxyl groups excluding tert-OH is 1. The lowest BCUT2D eigenvalue weighted by Gasteiger charge is -2.32. The number of nitrogens with zero attached hydrogens (tertiary/aromatic N) is 2. The molecule has 0 bridgehead atoms. The number of nitrogens with one attached hydrogen (secondary N) is 1. The van der Waals surface area contributed by atoms with E-state index in [-0.39, 0.29) is 31.2 Å². The Morgan fingerprint density at radius 1 is 1.44 bits per heavy atom. The molecule has 25 heavy (non-hydrogen) atoms. The van der Waals surface area contributed by atoms with E-state index in [4.69, 9.17) is 14.6 Å².